The largest absolute Gasteiger partial charge is 0.262 e. The van der Waals surface area contributed by atoms with Crippen molar-refractivity contribution in [2.24, 2.45) is 0 Å². The zero-order valence-electron chi connectivity index (χ0n) is 17.6. The Bertz CT molecular complexity index is 2050. The summed E-state index contributed by atoms with van der Waals surface area (Å²) in [7, 11) is 0. The highest BCUT2D eigenvalue weighted by Crippen LogP contribution is 2.49. The molecule has 0 amide bonds. The molecule has 0 atom stereocenters. The number of benzene rings is 5. The highest BCUT2D eigenvalue weighted by Gasteiger charge is 2.22. The van der Waals surface area contributed by atoms with Crippen molar-refractivity contribution in [3.63, 3.8) is 0 Å². The first-order valence-electron chi connectivity index (χ1n) is 10.4. The zero-order valence-corrected chi connectivity index (χ0v) is 17.6. The van der Waals surface area contributed by atoms with Crippen LogP contribution in [0.1, 0.15) is 5.56 Å². The van der Waals surface area contributed by atoms with Gasteiger partial charge in [-0.2, -0.15) is 5.26 Å². The van der Waals surface area contributed by atoms with Gasteiger partial charge in [0.15, 0.2) is 5.69 Å². The minimum absolute atomic E-state index is 0.0648. The predicted octanol–water partition coefficient (Wildman–Crippen LogP) is 8.37. The van der Waals surface area contributed by atoms with E-state index in [1.807, 2.05) is 36.4 Å². The van der Waals surface area contributed by atoms with Crippen molar-refractivity contribution < 1.29 is 0 Å². The van der Waals surface area contributed by atoms with Crippen LogP contribution in [0.4, 0.5) is 17.1 Å². The van der Waals surface area contributed by atoms with Gasteiger partial charge in [0, 0.05) is 17.0 Å². The highest BCUT2D eigenvalue weighted by molar-refractivity contribution is 6.33. The summed E-state index contributed by atoms with van der Waals surface area (Å²) in [6, 6.07) is 22.0. The quantitative estimate of drug-likeness (QED) is 0.138. The molecule has 0 aliphatic heterocycles. The van der Waals surface area contributed by atoms with Gasteiger partial charge in [0.05, 0.1) is 36.9 Å². The molecule has 0 saturated carbocycles. The van der Waals surface area contributed by atoms with Crippen molar-refractivity contribution in [2.75, 3.05) is 0 Å². The SMILES string of the molecule is [C-]#[N+]c1c([N+]#[C-])c([N+]#[C-])c2cc3c(cc2c1C#N)c1cccnc1c1ccc2ccccc2c31. The number of aromatic nitrogens is 1. The lowest BCUT2D eigenvalue weighted by Gasteiger charge is -2.15. The van der Waals surface area contributed by atoms with Crippen molar-refractivity contribution in [1.82, 2.24) is 4.98 Å². The molecule has 1 aromatic heterocycles. The van der Waals surface area contributed by atoms with E-state index in [0.717, 1.165) is 43.2 Å². The molecule has 0 aliphatic carbocycles. The molecular formula is C29H11N5. The van der Waals surface area contributed by atoms with Gasteiger partial charge in [0.1, 0.15) is 0 Å². The van der Waals surface area contributed by atoms with Crippen LogP contribution in [-0.2, 0) is 0 Å². The van der Waals surface area contributed by atoms with E-state index in [9.17, 15) is 5.26 Å². The lowest BCUT2D eigenvalue weighted by molar-refractivity contribution is 1.43. The Hall–Kier alpha value is -5.49. The van der Waals surface area contributed by atoms with Crippen LogP contribution in [0.3, 0.4) is 0 Å². The smallest absolute Gasteiger partial charge is 0.202 e. The second kappa shape index (κ2) is 7.01. The minimum Gasteiger partial charge on any atom is -0.262 e. The van der Waals surface area contributed by atoms with Crippen molar-refractivity contribution in [1.29, 1.82) is 5.26 Å². The first kappa shape index (κ1) is 19.2. The molecule has 0 saturated heterocycles. The summed E-state index contributed by atoms with van der Waals surface area (Å²) in [5, 5.41) is 17.8. The fraction of sp³-hybridized carbons (Fsp3) is 0. The number of hydrogen-bond acceptors (Lipinski definition) is 2. The van der Waals surface area contributed by atoms with Gasteiger partial charge in [-0.25, -0.2) is 0 Å². The summed E-state index contributed by atoms with van der Waals surface area (Å²) >= 11 is 0. The van der Waals surface area contributed by atoms with Crippen molar-refractivity contribution in [2.45, 2.75) is 0 Å². The molecule has 0 spiro atoms. The average Bonchev–Trinajstić information content (AvgIpc) is 2.90. The van der Waals surface area contributed by atoms with Crippen LogP contribution in [0.2, 0.25) is 0 Å². The molecule has 152 valence electrons. The van der Waals surface area contributed by atoms with Crippen LogP contribution in [0.15, 0.2) is 66.9 Å². The first-order chi connectivity index (χ1) is 16.7. The van der Waals surface area contributed by atoms with E-state index in [2.05, 4.69) is 49.9 Å². The maximum atomic E-state index is 9.94. The Balaban J connectivity index is 2.02. The summed E-state index contributed by atoms with van der Waals surface area (Å²) in [5.74, 6) is 0. The third kappa shape index (κ3) is 2.36. The van der Waals surface area contributed by atoms with Gasteiger partial charge >= 0.3 is 0 Å². The van der Waals surface area contributed by atoms with E-state index in [1.165, 1.54) is 0 Å². The molecule has 34 heavy (non-hydrogen) atoms. The summed E-state index contributed by atoms with van der Waals surface area (Å²) in [4.78, 5) is 15.3. The number of hydrogen-bond donors (Lipinski definition) is 0. The third-order valence-corrected chi connectivity index (χ3v) is 6.37. The normalized spacial score (nSPS) is 10.8. The van der Waals surface area contributed by atoms with E-state index < -0.39 is 0 Å². The number of fused-ring (bicyclic) bond motifs is 9. The molecule has 0 unspecified atom stereocenters. The summed E-state index contributed by atoms with van der Waals surface area (Å²) in [6.07, 6.45) is 1.76. The predicted molar refractivity (Wildman–Crippen MR) is 135 cm³/mol. The lowest BCUT2D eigenvalue weighted by Crippen LogP contribution is -1.90. The van der Waals surface area contributed by atoms with Gasteiger partial charge in [-0.15, -0.1) is 0 Å². The number of nitriles is 1. The second-order valence-electron chi connectivity index (χ2n) is 7.92. The van der Waals surface area contributed by atoms with Crippen LogP contribution < -0.4 is 0 Å². The van der Waals surface area contributed by atoms with Crippen molar-refractivity contribution in [3.8, 4) is 6.07 Å². The standard InChI is InChI=1S/C29H11N5/c1-31-27-23-14-22-20(13-21(23)24(15-30)28(32-2)29(27)33-3)18-9-6-12-34-26(18)19-11-10-16-7-4-5-8-17(16)25(19)22/h4-14H. The van der Waals surface area contributed by atoms with E-state index in [4.69, 9.17) is 19.7 Å². The van der Waals surface area contributed by atoms with E-state index in [0.29, 0.717) is 10.8 Å². The Labute approximate surface area is 194 Å². The van der Waals surface area contributed by atoms with Crippen molar-refractivity contribution >= 4 is 71.1 Å². The Morgan fingerprint density at radius 2 is 1.38 bits per heavy atom. The van der Waals surface area contributed by atoms with Crippen LogP contribution >= 0.6 is 0 Å². The van der Waals surface area contributed by atoms with E-state index >= 15 is 0 Å². The van der Waals surface area contributed by atoms with E-state index in [-0.39, 0.29) is 22.6 Å². The third-order valence-electron chi connectivity index (χ3n) is 6.37. The molecule has 1 heterocycles. The zero-order chi connectivity index (χ0) is 23.4. The lowest BCUT2D eigenvalue weighted by atomic mass is 9.89. The van der Waals surface area contributed by atoms with E-state index in [1.54, 1.807) is 6.20 Å². The van der Waals surface area contributed by atoms with Gasteiger partial charge in [0.25, 0.3) is 0 Å². The Morgan fingerprint density at radius 3 is 2.15 bits per heavy atom. The topological polar surface area (TPSA) is 49.8 Å². The molecule has 0 aliphatic rings. The van der Waals surface area contributed by atoms with Crippen LogP contribution in [0.25, 0.3) is 68.5 Å². The fourth-order valence-corrected chi connectivity index (χ4v) is 4.96. The maximum Gasteiger partial charge on any atom is 0.202 e. The molecule has 6 aromatic rings. The molecule has 5 aromatic carbocycles. The average molecular weight is 429 g/mol. The second-order valence-corrected chi connectivity index (χ2v) is 7.92. The molecule has 5 heteroatoms. The number of nitrogens with zero attached hydrogens (tertiary/aromatic N) is 5. The van der Waals surface area contributed by atoms with Crippen LogP contribution in [0, 0.1) is 31.0 Å². The van der Waals surface area contributed by atoms with Crippen molar-refractivity contribution in [3.05, 3.63) is 107 Å². The number of pyridine rings is 1. The molecule has 6 rings (SSSR count). The van der Waals surface area contributed by atoms with Gasteiger partial charge < -0.3 is 0 Å². The molecule has 0 bridgehead atoms. The number of rotatable bonds is 0. The fourth-order valence-electron chi connectivity index (χ4n) is 4.96. The summed E-state index contributed by atoms with van der Waals surface area (Å²) < 4.78 is 0. The molecular weight excluding hydrogens is 418 g/mol. The summed E-state index contributed by atoms with van der Waals surface area (Å²) in [6.45, 7) is 23.0. The molecule has 0 fully saturated rings. The maximum absolute atomic E-state index is 9.94. The monoisotopic (exact) mass is 429 g/mol. The van der Waals surface area contributed by atoms with Crippen LogP contribution in [-0.4, -0.2) is 4.98 Å². The first-order valence-corrected chi connectivity index (χ1v) is 10.4. The van der Waals surface area contributed by atoms with Gasteiger partial charge in [-0.1, -0.05) is 48.5 Å². The molecule has 0 radical (unpaired) electrons. The Morgan fingerprint density at radius 1 is 0.647 bits per heavy atom. The highest BCUT2D eigenvalue weighted by atomic mass is 14.8. The summed E-state index contributed by atoms with van der Waals surface area (Å²) in [5.41, 5.74) is 0.952. The van der Waals surface area contributed by atoms with Crippen LogP contribution in [0.5, 0.6) is 0 Å². The minimum atomic E-state index is -0.0657. The molecule has 0 N–H and O–H groups in total. The van der Waals surface area contributed by atoms with Gasteiger partial charge in [-0.3, -0.25) is 19.5 Å². The molecule has 5 nitrogen and oxygen atoms in total. The van der Waals surface area contributed by atoms with Gasteiger partial charge in [-0.05, 0) is 49.8 Å². The Kier molecular flexibility index (Phi) is 3.96. The van der Waals surface area contributed by atoms with Gasteiger partial charge in [0.2, 0.25) is 11.4 Å².